The van der Waals surface area contributed by atoms with Crippen LogP contribution in [0.1, 0.15) is 70.6 Å². The summed E-state index contributed by atoms with van der Waals surface area (Å²) in [5.41, 5.74) is 0. The Morgan fingerprint density at radius 1 is 0.826 bits per heavy atom. The fourth-order valence-electron chi connectivity index (χ4n) is 3.13. The maximum absolute atomic E-state index is 11.6. The molecule has 2 aliphatic rings. The summed E-state index contributed by atoms with van der Waals surface area (Å²) >= 11 is 0. The molecule has 0 amide bonds. The molecule has 0 aromatic rings. The highest BCUT2D eigenvalue weighted by Gasteiger charge is 2.38. The van der Waals surface area contributed by atoms with E-state index in [4.69, 9.17) is 24.3 Å². The minimum atomic E-state index is -0.847. The third kappa shape index (κ3) is 6.37. The lowest BCUT2D eigenvalue weighted by Crippen LogP contribution is -2.41. The van der Waals surface area contributed by atoms with Gasteiger partial charge in [0.15, 0.2) is 0 Å². The predicted octanol–water partition coefficient (Wildman–Crippen LogP) is 3.69. The highest BCUT2D eigenvalue weighted by atomic mass is 17.3. The summed E-state index contributed by atoms with van der Waals surface area (Å²) in [5.74, 6) is -1.75. The van der Waals surface area contributed by atoms with Gasteiger partial charge in [-0.15, -0.1) is 0 Å². The molecule has 1 spiro atoms. The predicted molar refractivity (Wildman–Crippen MR) is 83.1 cm³/mol. The molecule has 0 aromatic carbocycles. The van der Waals surface area contributed by atoms with Crippen molar-refractivity contribution in [1.29, 1.82) is 0 Å². The summed E-state index contributed by atoms with van der Waals surface area (Å²) in [7, 11) is 1.34. The maximum atomic E-state index is 11.6. The van der Waals surface area contributed by atoms with E-state index < -0.39 is 11.7 Å². The first-order valence-corrected chi connectivity index (χ1v) is 8.95. The number of rotatable bonds is 1. The average molecular weight is 330 g/mol. The number of carbonyl (C=O) groups excluding carboxylic acids is 1. The van der Waals surface area contributed by atoms with Gasteiger partial charge in [-0.2, -0.15) is 9.78 Å². The van der Waals surface area contributed by atoms with Gasteiger partial charge in [0.25, 0.3) is 0 Å². The van der Waals surface area contributed by atoms with Gasteiger partial charge >= 0.3 is 5.97 Å². The molecular formula is C17H30O6. The van der Waals surface area contributed by atoms with Crippen LogP contribution < -0.4 is 0 Å². The van der Waals surface area contributed by atoms with Crippen LogP contribution in [0.3, 0.4) is 0 Å². The van der Waals surface area contributed by atoms with E-state index in [1.54, 1.807) is 0 Å². The van der Waals surface area contributed by atoms with E-state index in [1.807, 2.05) is 0 Å². The highest BCUT2D eigenvalue weighted by molar-refractivity contribution is 5.72. The van der Waals surface area contributed by atoms with E-state index in [0.29, 0.717) is 0 Å². The molecule has 6 heteroatoms. The van der Waals surface area contributed by atoms with E-state index in [1.165, 1.54) is 52.1 Å². The summed E-state index contributed by atoms with van der Waals surface area (Å²) in [6, 6.07) is 0. The number of esters is 1. The molecule has 1 aliphatic heterocycles. The van der Waals surface area contributed by atoms with Crippen molar-refractivity contribution in [3.8, 4) is 0 Å². The Morgan fingerprint density at radius 2 is 1.26 bits per heavy atom. The largest absolute Gasteiger partial charge is 0.469 e. The Hall–Kier alpha value is -0.690. The molecule has 2 fully saturated rings. The standard InChI is InChI=1S/C17H30O6/c1-19-16(18)15-13-20-22-17(23-21-14-15)11-9-7-5-3-2-4-6-8-10-12-17/h15H,2-14H2,1H3. The molecule has 0 aromatic heterocycles. The van der Waals surface area contributed by atoms with Crippen LogP contribution in [0.25, 0.3) is 0 Å². The molecule has 0 N–H and O–H groups in total. The van der Waals surface area contributed by atoms with Crippen molar-refractivity contribution in [3.05, 3.63) is 0 Å². The smallest absolute Gasteiger partial charge is 0.313 e. The van der Waals surface area contributed by atoms with Crippen LogP contribution in [-0.4, -0.2) is 32.1 Å². The van der Waals surface area contributed by atoms with Gasteiger partial charge in [-0.1, -0.05) is 44.9 Å². The van der Waals surface area contributed by atoms with Crippen molar-refractivity contribution >= 4 is 5.97 Å². The molecule has 0 unspecified atom stereocenters. The Balaban J connectivity index is 1.89. The van der Waals surface area contributed by atoms with Gasteiger partial charge in [0.2, 0.25) is 5.79 Å². The minimum Gasteiger partial charge on any atom is -0.469 e. The van der Waals surface area contributed by atoms with Crippen molar-refractivity contribution in [2.24, 2.45) is 5.92 Å². The summed E-state index contributed by atoms with van der Waals surface area (Å²) in [5, 5.41) is 0. The SMILES string of the molecule is COC(=O)C1COOC2(CCCCCCCCCCC2)OOC1. The number of carbonyl (C=O) groups is 1. The van der Waals surface area contributed by atoms with Crippen LogP contribution in [0, 0.1) is 5.92 Å². The summed E-state index contributed by atoms with van der Waals surface area (Å²) < 4.78 is 4.71. The monoisotopic (exact) mass is 330 g/mol. The van der Waals surface area contributed by atoms with Crippen molar-refractivity contribution in [3.63, 3.8) is 0 Å². The molecule has 23 heavy (non-hydrogen) atoms. The minimum absolute atomic E-state index is 0.123. The first-order valence-electron chi connectivity index (χ1n) is 8.95. The third-order valence-corrected chi connectivity index (χ3v) is 4.61. The van der Waals surface area contributed by atoms with Gasteiger partial charge in [0.1, 0.15) is 5.92 Å². The van der Waals surface area contributed by atoms with Crippen LogP contribution in [0.5, 0.6) is 0 Å². The second-order valence-corrected chi connectivity index (χ2v) is 6.55. The molecule has 1 saturated heterocycles. The molecule has 0 radical (unpaired) electrons. The van der Waals surface area contributed by atoms with Crippen LogP contribution in [0.15, 0.2) is 0 Å². The topological polar surface area (TPSA) is 63.2 Å². The Morgan fingerprint density at radius 3 is 1.70 bits per heavy atom. The average Bonchev–Trinajstić information content (AvgIpc) is 2.53. The second kappa shape index (κ2) is 10.2. The lowest BCUT2D eigenvalue weighted by molar-refractivity contribution is -0.529. The molecule has 134 valence electrons. The third-order valence-electron chi connectivity index (χ3n) is 4.61. The van der Waals surface area contributed by atoms with E-state index in [0.717, 1.165) is 25.7 Å². The van der Waals surface area contributed by atoms with E-state index >= 15 is 0 Å². The Kier molecular flexibility index (Phi) is 8.30. The number of ether oxygens (including phenoxy) is 1. The zero-order valence-electron chi connectivity index (χ0n) is 14.2. The van der Waals surface area contributed by atoms with Gasteiger partial charge in [0.05, 0.1) is 20.3 Å². The Labute approximate surface area is 138 Å². The zero-order chi connectivity index (χ0) is 16.4. The lowest BCUT2D eigenvalue weighted by atomic mass is 9.97. The molecule has 2 rings (SSSR count). The summed E-state index contributed by atoms with van der Waals surface area (Å²) in [6.07, 6.45) is 12.3. The highest BCUT2D eigenvalue weighted by Crippen LogP contribution is 2.31. The molecule has 1 heterocycles. The Bertz CT molecular complexity index is 322. The van der Waals surface area contributed by atoms with E-state index in [9.17, 15) is 4.79 Å². The van der Waals surface area contributed by atoms with Crippen LogP contribution in [0.2, 0.25) is 0 Å². The molecule has 1 aliphatic carbocycles. The van der Waals surface area contributed by atoms with E-state index in [-0.39, 0.29) is 19.2 Å². The van der Waals surface area contributed by atoms with Gasteiger partial charge < -0.3 is 4.74 Å². The van der Waals surface area contributed by atoms with Crippen molar-refractivity contribution in [2.45, 2.75) is 76.4 Å². The van der Waals surface area contributed by atoms with Crippen molar-refractivity contribution in [1.82, 2.24) is 0 Å². The van der Waals surface area contributed by atoms with Crippen LogP contribution in [-0.2, 0) is 29.1 Å². The maximum Gasteiger partial charge on any atom is 0.313 e. The van der Waals surface area contributed by atoms with E-state index in [2.05, 4.69) is 0 Å². The summed E-state index contributed by atoms with van der Waals surface area (Å²) in [6.45, 7) is 0.246. The van der Waals surface area contributed by atoms with Crippen LogP contribution in [0.4, 0.5) is 0 Å². The first-order chi connectivity index (χ1) is 11.3. The number of hydrogen-bond acceptors (Lipinski definition) is 6. The van der Waals surface area contributed by atoms with Gasteiger partial charge in [-0.05, 0) is 12.8 Å². The molecule has 6 nitrogen and oxygen atoms in total. The lowest BCUT2D eigenvalue weighted by Gasteiger charge is -2.33. The molecular weight excluding hydrogens is 300 g/mol. The van der Waals surface area contributed by atoms with Gasteiger partial charge in [-0.3, -0.25) is 4.79 Å². The fraction of sp³-hybridized carbons (Fsp3) is 0.941. The first kappa shape index (κ1) is 18.6. The second-order valence-electron chi connectivity index (χ2n) is 6.55. The van der Waals surface area contributed by atoms with Gasteiger partial charge in [0, 0.05) is 12.8 Å². The molecule has 1 saturated carbocycles. The van der Waals surface area contributed by atoms with Crippen molar-refractivity contribution < 1.29 is 29.1 Å². The fourth-order valence-corrected chi connectivity index (χ4v) is 3.13. The number of methoxy groups -OCH3 is 1. The van der Waals surface area contributed by atoms with Crippen molar-refractivity contribution in [2.75, 3.05) is 20.3 Å². The quantitative estimate of drug-likeness (QED) is 0.540. The number of hydrogen-bond donors (Lipinski definition) is 0. The van der Waals surface area contributed by atoms with Gasteiger partial charge in [-0.25, -0.2) is 9.78 Å². The molecule has 0 bridgehead atoms. The zero-order valence-corrected chi connectivity index (χ0v) is 14.2. The molecule has 0 atom stereocenters. The van der Waals surface area contributed by atoms with Crippen LogP contribution >= 0.6 is 0 Å². The normalized spacial score (nSPS) is 25.6. The summed E-state index contributed by atoms with van der Waals surface area (Å²) in [4.78, 5) is 33.4.